The summed E-state index contributed by atoms with van der Waals surface area (Å²) < 4.78 is 1.09. The van der Waals surface area contributed by atoms with Gasteiger partial charge in [0.1, 0.15) is 0 Å². The minimum Gasteiger partial charge on any atom is -0.323 e. The molecule has 0 saturated heterocycles. The molecule has 0 aliphatic heterocycles. The second kappa shape index (κ2) is 8.63. The molecule has 0 aliphatic carbocycles. The Kier molecular flexibility index (Phi) is 7.53. The van der Waals surface area contributed by atoms with Crippen molar-refractivity contribution in [3.05, 3.63) is 47.0 Å². The second-order valence-electron chi connectivity index (χ2n) is 5.63. The second-order valence-corrected chi connectivity index (χ2v) is 6.55. The molecule has 2 atom stereocenters. The van der Waals surface area contributed by atoms with E-state index in [9.17, 15) is 0 Å². The molecule has 0 radical (unpaired) electrons. The van der Waals surface area contributed by atoms with Crippen LogP contribution in [0.1, 0.15) is 64.0 Å². The first kappa shape index (κ1) is 17.5. The molecule has 20 heavy (non-hydrogen) atoms. The van der Waals surface area contributed by atoms with Crippen LogP contribution < -0.4 is 5.73 Å². The summed E-state index contributed by atoms with van der Waals surface area (Å²) in [5.41, 5.74) is 7.79. The van der Waals surface area contributed by atoms with Gasteiger partial charge in [-0.3, -0.25) is 0 Å². The highest BCUT2D eigenvalue weighted by Gasteiger charge is 2.32. The number of halogens is 1. The zero-order chi connectivity index (χ0) is 15.0. The first-order chi connectivity index (χ1) is 9.59. The Morgan fingerprint density at radius 1 is 1.20 bits per heavy atom. The smallest absolute Gasteiger partial charge is 0.0386 e. The largest absolute Gasteiger partial charge is 0.323 e. The maximum absolute atomic E-state index is 6.57. The van der Waals surface area contributed by atoms with E-state index in [0.717, 1.165) is 17.3 Å². The number of unbranched alkanes of at least 4 members (excludes halogenated alkanes) is 3. The SMILES string of the molecule is C=C[C@@](CC)(CCCCCC)[C@H](N)c1ccc(Br)cc1. The van der Waals surface area contributed by atoms with Crippen LogP contribution in [0.4, 0.5) is 0 Å². The maximum Gasteiger partial charge on any atom is 0.0386 e. The van der Waals surface area contributed by atoms with Crippen molar-refractivity contribution < 1.29 is 0 Å². The van der Waals surface area contributed by atoms with E-state index in [1.54, 1.807) is 0 Å². The molecule has 1 aromatic carbocycles. The van der Waals surface area contributed by atoms with E-state index in [4.69, 9.17) is 5.73 Å². The van der Waals surface area contributed by atoms with E-state index < -0.39 is 0 Å². The van der Waals surface area contributed by atoms with Gasteiger partial charge in [0.15, 0.2) is 0 Å². The summed E-state index contributed by atoms with van der Waals surface area (Å²) in [5, 5.41) is 0. The van der Waals surface area contributed by atoms with Gasteiger partial charge in [-0.25, -0.2) is 0 Å². The average molecular weight is 338 g/mol. The summed E-state index contributed by atoms with van der Waals surface area (Å²) in [4.78, 5) is 0. The molecule has 0 fully saturated rings. The summed E-state index contributed by atoms with van der Waals surface area (Å²) >= 11 is 3.48. The van der Waals surface area contributed by atoms with Gasteiger partial charge in [0.05, 0.1) is 0 Å². The summed E-state index contributed by atoms with van der Waals surface area (Å²) in [7, 11) is 0. The molecule has 0 aromatic heterocycles. The monoisotopic (exact) mass is 337 g/mol. The molecule has 2 N–H and O–H groups in total. The van der Waals surface area contributed by atoms with E-state index in [1.807, 2.05) is 0 Å². The first-order valence-corrected chi connectivity index (χ1v) is 8.53. The third kappa shape index (κ3) is 4.46. The zero-order valence-electron chi connectivity index (χ0n) is 12.9. The molecule has 0 unspecified atom stereocenters. The van der Waals surface area contributed by atoms with Gasteiger partial charge in [-0.1, -0.05) is 73.7 Å². The number of hydrogen-bond acceptors (Lipinski definition) is 1. The third-order valence-corrected chi connectivity index (χ3v) is 4.94. The van der Waals surface area contributed by atoms with Gasteiger partial charge in [-0.05, 0) is 30.5 Å². The molecular weight excluding hydrogens is 310 g/mol. The van der Waals surface area contributed by atoms with E-state index >= 15 is 0 Å². The van der Waals surface area contributed by atoms with Crippen molar-refractivity contribution in [1.29, 1.82) is 0 Å². The first-order valence-electron chi connectivity index (χ1n) is 7.74. The van der Waals surface area contributed by atoms with E-state index in [2.05, 4.69) is 66.7 Å². The van der Waals surface area contributed by atoms with Gasteiger partial charge in [-0.2, -0.15) is 0 Å². The average Bonchev–Trinajstić information content (AvgIpc) is 2.48. The van der Waals surface area contributed by atoms with E-state index in [1.165, 1.54) is 31.2 Å². The lowest BCUT2D eigenvalue weighted by Crippen LogP contribution is -2.32. The molecule has 0 bridgehead atoms. The van der Waals surface area contributed by atoms with Gasteiger partial charge in [-0.15, -0.1) is 6.58 Å². The summed E-state index contributed by atoms with van der Waals surface area (Å²) in [6.45, 7) is 8.54. The predicted octanol–water partition coefficient (Wildman–Crippen LogP) is 6.00. The van der Waals surface area contributed by atoms with Crippen molar-refractivity contribution in [2.45, 2.75) is 58.4 Å². The van der Waals surface area contributed by atoms with E-state index in [-0.39, 0.29) is 11.5 Å². The molecule has 1 nitrogen and oxygen atoms in total. The van der Waals surface area contributed by atoms with Crippen LogP contribution in [0.15, 0.2) is 41.4 Å². The molecule has 0 heterocycles. The summed E-state index contributed by atoms with van der Waals surface area (Å²) in [6.07, 6.45) is 9.36. The molecular formula is C18H28BrN. The Morgan fingerprint density at radius 3 is 2.35 bits per heavy atom. The van der Waals surface area contributed by atoms with Crippen LogP contribution in [0, 0.1) is 5.41 Å². The molecule has 0 amide bonds. The van der Waals surface area contributed by atoms with Crippen molar-refractivity contribution in [2.75, 3.05) is 0 Å². The van der Waals surface area contributed by atoms with Crippen LogP contribution in [0.2, 0.25) is 0 Å². The van der Waals surface area contributed by atoms with Crippen LogP contribution in [0.3, 0.4) is 0 Å². The van der Waals surface area contributed by atoms with Crippen molar-refractivity contribution >= 4 is 15.9 Å². The Labute approximate surface area is 132 Å². The fraction of sp³-hybridized carbons (Fsp3) is 0.556. The van der Waals surface area contributed by atoms with E-state index in [0.29, 0.717) is 0 Å². The molecule has 0 aliphatic rings. The number of rotatable bonds is 9. The minimum atomic E-state index is 0.0154. The summed E-state index contributed by atoms with van der Waals surface area (Å²) in [6, 6.07) is 8.40. The Balaban J connectivity index is 2.82. The van der Waals surface area contributed by atoms with Crippen molar-refractivity contribution in [3.8, 4) is 0 Å². The highest BCUT2D eigenvalue weighted by atomic mass is 79.9. The zero-order valence-corrected chi connectivity index (χ0v) is 14.5. The van der Waals surface area contributed by atoms with Gasteiger partial charge in [0.25, 0.3) is 0 Å². The molecule has 2 heteroatoms. The number of nitrogens with two attached hydrogens (primary N) is 1. The molecule has 1 aromatic rings. The van der Waals surface area contributed by atoms with Crippen LogP contribution >= 0.6 is 15.9 Å². The molecule has 112 valence electrons. The Morgan fingerprint density at radius 2 is 1.85 bits per heavy atom. The maximum atomic E-state index is 6.57. The molecule has 1 rings (SSSR count). The quantitative estimate of drug-likeness (QED) is 0.433. The van der Waals surface area contributed by atoms with Gasteiger partial charge in [0.2, 0.25) is 0 Å². The van der Waals surface area contributed by atoms with Crippen LogP contribution in [-0.2, 0) is 0 Å². The predicted molar refractivity (Wildman–Crippen MR) is 92.8 cm³/mol. The fourth-order valence-corrected chi connectivity index (χ4v) is 3.07. The van der Waals surface area contributed by atoms with Crippen molar-refractivity contribution in [2.24, 2.45) is 11.1 Å². The highest BCUT2D eigenvalue weighted by Crippen LogP contribution is 2.41. The van der Waals surface area contributed by atoms with Crippen molar-refractivity contribution in [3.63, 3.8) is 0 Å². The standard InChI is InChI=1S/C18H28BrN/c1-4-7-8-9-14-18(5-2,6-3)17(20)15-10-12-16(19)13-11-15/h5,10-13,17H,2,4,6-9,14,20H2,1,3H3/t17-,18-/m1/s1. The lowest BCUT2D eigenvalue weighted by molar-refractivity contribution is 0.260. The van der Waals surface area contributed by atoms with Gasteiger partial charge >= 0.3 is 0 Å². The third-order valence-electron chi connectivity index (χ3n) is 4.41. The fourth-order valence-electron chi connectivity index (χ4n) is 2.81. The van der Waals surface area contributed by atoms with Crippen LogP contribution in [0.25, 0.3) is 0 Å². The normalized spacial score (nSPS) is 15.6. The van der Waals surface area contributed by atoms with Crippen LogP contribution in [-0.4, -0.2) is 0 Å². The molecule has 0 saturated carbocycles. The van der Waals surface area contributed by atoms with Gasteiger partial charge in [0, 0.05) is 15.9 Å². The summed E-state index contributed by atoms with van der Waals surface area (Å²) in [5.74, 6) is 0. The van der Waals surface area contributed by atoms with Gasteiger partial charge < -0.3 is 5.73 Å². The van der Waals surface area contributed by atoms with Crippen molar-refractivity contribution in [1.82, 2.24) is 0 Å². The number of hydrogen-bond donors (Lipinski definition) is 1. The topological polar surface area (TPSA) is 26.0 Å². The number of benzene rings is 1. The Hall–Kier alpha value is -0.600. The lowest BCUT2D eigenvalue weighted by atomic mass is 9.72. The minimum absolute atomic E-state index is 0.0154. The van der Waals surface area contributed by atoms with Crippen LogP contribution in [0.5, 0.6) is 0 Å². The molecule has 0 spiro atoms. The highest BCUT2D eigenvalue weighted by molar-refractivity contribution is 9.10. The lowest BCUT2D eigenvalue weighted by Gasteiger charge is -2.36. The Bertz CT molecular complexity index is 398.